The number of carbonyl (C=O) groups is 2. The lowest BCUT2D eigenvalue weighted by atomic mass is 9.93. The van der Waals surface area contributed by atoms with Crippen LogP contribution in [0.25, 0.3) is 33.7 Å². The molecular formula is C46H30N8O20S5. The van der Waals surface area contributed by atoms with Crippen molar-refractivity contribution < 1.29 is 84.5 Å². The third-order valence-corrected chi connectivity index (χ3v) is 16.0. The minimum absolute atomic E-state index is 0.0000837. The van der Waals surface area contributed by atoms with Gasteiger partial charge in [0.05, 0.1) is 31.8 Å². The number of allylic oxidation sites excluding steroid dienone is 2. The Kier molecular flexibility index (Phi) is 13.7. The normalized spacial score (nSPS) is 15.3. The highest BCUT2D eigenvalue weighted by Gasteiger charge is 2.35. The van der Waals surface area contributed by atoms with Crippen molar-refractivity contribution in [3.63, 3.8) is 0 Å². The van der Waals surface area contributed by atoms with E-state index < -0.39 is 120 Å². The van der Waals surface area contributed by atoms with Crippen molar-refractivity contribution >= 4 is 147 Å². The van der Waals surface area contributed by atoms with E-state index in [4.69, 9.17) is 0 Å². The molecule has 9 rings (SSSR count). The fourth-order valence-corrected chi connectivity index (χ4v) is 11.1. The first-order valence-electron chi connectivity index (χ1n) is 21.5. The smallest absolute Gasteiger partial charge is 0.297 e. The van der Waals surface area contributed by atoms with E-state index >= 15 is 0 Å². The van der Waals surface area contributed by atoms with Crippen LogP contribution in [-0.4, -0.2) is 97.9 Å². The van der Waals surface area contributed by atoms with Crippen LogP contribution in [0.1, 0.15) is 31.8 Å². The summed E-state index contributed by atoms with van der Waals surface area (Å²) >= 11 is 0. The molecule has 2 aliphatic carbocycles. The number of hydrazone groups is 2. The summed E-state index contributed by atoms with van der Waals surface area (Å²) in [7, 11) is -25.2. The average molecular weight is 1180 g/mol. The summed E-state index contributed by atoms with van der Waals surface area (Å²) in [5.41, 5.74) is 1.73. The number of phenolic OH excluding ortho intramolecular Hbond substituents is 1. The van der Waals surface area contributed by atoms with E-state index in [9.17, 15) is 89.7 Å². The highest BCUT2D eigenvalue weighted by molar-refractivity contribution is 7.91. The number of nitro benzene ring substituents is 1. The number of carbonyl (C=O) groups excluding carboxylic acids is 2. The second-order valence-corrected chi connectivity index (χ2v) is 23.8. The summed E-state index contributed by atoms with van der Waals surface area (Å²) in [4.78, 5) is 33.8. The van der Waals surface area contributed by atoms with Gasteiger partial charge in [-0.15, -0.1) is 10.2 Å². The molecule has 0 aromatic heterocycles. The maximum atomic E-state index is 14.0. The highest BCUT2D eigenvalue weighted by atomic mass is 32.2. The Morgan fingerprint density at radius 3 is 1.56 bits per heavy atom. The molecule has 0 unspecified atom stereocenters. The predicted molar refractivity (Wildman–Crippen MR) is 282 cm³/mol. The molecule has 9 N–H and O–H groups in total. The Balaban J connectivity index is 1.00. The monoisotopic (exact) mass is 1170 g/mol. The standard InChI is InChI=1S/C46H30N8O20S5/c55-39-21-30(76(63,64)65)16-22-15-27(3-6-31(22)39)48-52-43-41(78(69,70)71)17-23-13-25(1-7-32(23)45(43)56)47-26-2-8-33-24(14-26)18-42(79(72,73)74)44(46(33)57)53-50-37-12-11-36(34-9-5-29(20-35(34)37)75(60,61)62)49-51-38-10-4-28(54(58)59)19-40(38)77(66,67)68/h1-21,47-48,50,55H,(H,60,61,62)(H,63,64,65)(H,66,67,68)(H,69,70,71)(H,72,73,74)/b51-49?,52-43+,53-44+. The fraction of sp³-hybridized carbons (Fsp3) is 0. The minimum atomic E-state index is -5.28. The van der Waals surface area contributed by atoms with Crippen LogP contribution in [0.4, 0.5) is 39.8 Å². The number of hydrogen-bond acceptors (Lipinski definition) is 22. The van der Waals surface area contributed by atoms with Crippen LogP contribution in [0, 0.1) is 10.1 Å². The molecule has 0 bridgehead atoms. The maximum Gasteiger partial charge on any atom is 0.297 e. The molecule has 0 saturated carbocycles. The second kappa shape index (κ2) is 19.8. The third kappa shape index (κ3) is 11.2. The number of benzene rings is 7. The van der Waals surface area contributed by atoms with Gasteiger partial charge in [-0.25, -0.2) is 0 Å². The van der Waals surface area contributed by atoms with Crippen molar-refractivity contribution in [1.29, 1.82) is 0 Å². The number of non-ortho nitro benzene ring substituents is 1. The van der Waals surface area contributed by atoms with Crippen LogP contribution in [0.3, 0.4) is 0 Å². The molecule has 0 saturated heterocycles. The number of fused-ring (bicyclic) bond motifs is 4. The number of aromatic hydroxyl groups is 1. The highest BCUT2D eigenvalue weighted by Crippen LogP contribution is 2.38. The number of Topliss-reactive ketones (excluding diaryl/α,β-unsaturated/α-hetero) is 2. The molecule has 0 amide bonds. The number of anilines is 4. The van der Waals surface area contributed by atoms with Crippen molar-refractivity contribution in [3.8, 4) is 5.75 Å². The summed E-state index contributed by atoms with van der Waals surface area (Å²) in [6, 6.07) is 21.3. The minimum Gasteiger partial charge on any atom is -0.507 e. The lowest BCUT2D eigenvalue weighted by Crippen LogP contribution is -2.27. The Morgan fingerprint density at radius 2 is 1.01 bits per heavy atom. The molecule has 0 radical (unpaired) electrons. The number of hydrogen-bond donors (Lipinski definition) is 9. The zero-order valence-corrected chi connectivity index (χ0v) is 42.9. The topological polar surface area (TPSA) is 455 Å². The van der Waals surface area contributed by atoms with Crippen molar-refractivity contribution in [2.45, 2.75) is 14.7 Å². The van der Waals surface area contributed by atoms with E-state index in [1.165, 1.54) is 66.7 Å². The first-order chi connectivity index (χ1) is 36.8. The third-order valence-electron chi connectivity index (χ3n) is 11.7. The molecule has 0 heterocycles. The molecule has 7 aromatic rings. The fourth-order valence-electron chi connectivity index (χ4n) is 8.05. The Hall–Kier alpha value is -9.03. The van der Waals surface area contributed by atoms with Crippen LogP contribution in [-0.2, 0) is 50.6 Å². The molecule has 0 fully saturated rings. The maximum absolute atomic E-state index is 14.0. The number of rotatable bonds is 14. The van der Waals surface area contributed by atoms with Crippen LogP contribution in [0.15, 0.2) is 160 Å². The van der Waals surface area contributed by atoms with E-state index in [1.54, 1.807) is 0 Å². The molecule has 404 valence electrons. The van der Waals surface area contributed by atoms with Gasteiger partial charge in [-0.1, -0.05) is 6.07 Å². The van der Waals surface area contributed by atoms with Gasteiger partial charge in [0, 0.05) is 56.9 Å². The Morgan fingerprint density at radius 1 is 0.481 bits per heavy atom. The largest absolute Gasteiger partial charge is 0.507 e. The van der Waals surface area contributed by atoms with Gasteiger partial charge in [0.25, 0.3) is 56.3 Å². The number of azo groups is 1. The average Bonchev–Trinajstić information content (AvgIpc) is 3.36. The molecule has 28 nitrogen and oxygen atoms in total. The molecule has 0 spiro atoms. The van der Waals surface area contributed by atoms with Crippen molar-refractivity contribution in [2.24, 2.45) is 20.4 Å². The predicted octanol–water partition coefficient (Wildman–Crippen LogP) is 7.29. The van der Waals surface area contributed by atoms with E-state index in [1.807, 2.05) is 0 Å². The van der Waals surface area contributed by atoms with Gasteiger partial charge >= 0.3 is 0 Å². The van der Waals surface area contributed by atoms with Crippen LogP contribution in [0.2, 0.25) is 0 Å². The summed E-state index contributed by atoms with van der Waals surface area (Å²) in [6.07, 6.45) is 1.84. The van der Waals surface area contributed by atoms with E-state index in [2.05, 4.69) is 36.6 Å². The van der Waals surface area contributed by atoms with Gasteiger partial charge in [-0.2, -0.15) is 52.3 Å². The molecule has 33 heteroatoms. The Bertz CT molecular complexity index is 4700. The van der Waals surface area contributed by atoms with Gasteiger partial charge in [-0.3, -0.25) is 53.3 Å². The van der Waals surface area contributed by atoms with E-state index in [0.29, 0.717) is 6.07 Å². The molecular weight excluding hydrogens is 1140 g/mol. The molecule has 79 heavy (non-hydrogen) atoms. The number of phenols is 1. The lowest BCUT2D eigenvalue weighted by Gasteiger charge is -2.19. The Labute approximate surface area is 443 Å². The van der Waals surface area contributed by atoms with E-state index in [0.717, 1.165) is 54.6 Å². The second-order valence-electron chi connectivity index (χ2n) is 16.8. The number of ketones is 2. The number of nitrogens with zero attached hydrogens (tertiary/aromatic N) is 5. The SMILES string of the molecule is O=C1/C(=N/Nc2ccc3c(O)cc(S(=O)(=O)O)cc3c2)C(S(=O)(=O)O)=Cc2cc(Nc3ccc4c(c3)C=C(S(=O)(=O)O)/C(=N\Nc3ccc(N=Nc5ccc([N+](=O)[O-])cc5S(=O)(=O)O)c5ccc(S(=O)(=O)O)cc35)C4=O)ccc21. The summed E-state index contributed by atoms with van der Waals surface area (Å²) < 4.78 is 172. The lowest BCUT2D eigenvalue weighted by molar-refractivity contribution is -0.385. The van der Waals surface area contributed by atoms with Gasteiger partial charge in [0.15, 0.2) is 11.4 Å². The molecule has 0 atom stereocenters. The van der Waals surface area contributed by atoms with Gasteiger partial charge in [-0.05, 0) is 120 Å². The zero-order chi connectivity index (χ0) is 57.3. The summed E-state index contributed by atoms with van der Waals surface area (Å²) in [5.74, 6) is -2.54. The molecule has 0 aliphatic heterocycles. The van der Waals surface area contributed by atoms with Crippen LogP contribution < -0.4 is 16.2 Å². The summed E-state index contributed by atoms with van der Waals surface area (Å²) in [6.45, 7) is 0. The zero-order valence-electron chi connectivity index (χ0n) is 38.8. The van der Waals surface area contributed by atoms with Crippen molar-refractivity contribution in [3.05, 3.63) is 157 Å². The van der Waals surface area contributed by atoms with Gasteiger partial charge in [0.1, 0.15) is 26.1 Å². The molecule has 7 aromatic carbocycles. The van der Waals surface area contributed by atoms with Crippen molar-refractivity contribution in [2.75, 3.05) is 16.2 Å². The number of nitro groups is 1. The van der Waals surface area contributed by atoms with Crippen molar-refractivity contribution in [1.82, 2.24) is 0 Å². The number of nitrogens with one attached hydrogen (secondary N) is 3. The van der Waals surface area contributed by atoms with Gasteiger partial charge in [0.2, 0.25) is 11.6 Å². The summed E-state index contributed by atoms with van der Waals surface area (Å²) in [5, 5.41) is 40.2. The molecule has 2 aliphatic rings. The van der Waals surface area contributed by atoms with Gasteiger partial charge < -0.3 is 10.4 Å². The first kappa shape index (κ1) is 54.7. The quantitative estimate of drug-likeness (QED) is 0.0223. The van der Waals surface area contributed by atoms with Crippen LogP contribution >= 0.6 is 0 Å². The first-order valence-corrected chi connectivity index (χ1v) is 28.7. The van der Waals surface area contributed by atoms with Crippen LogP contribution in [0.5, 0.6) is 5.75 Å². The van der Waals surface area contributed by atoms with E-state index in [-0.39, 0.29) is 72.2 Å².